The number of nitrogens with one attached hydrogen (secondary N) is 1. The van der Waals surface area contributed by atoms with E-state index >= 15 is 0 Å². The van der Waals surface area contributed by atoms with Crippen LogP contribution in [-0.2, 0) is 14.3 Å². The van der Waals surface area contributed by atoms with Gasteiger partial charge in [-0.2, -0.15) is 0 Å². The first-order chi connectivity index (χ1) is 15.9. The fourth-order valence-electron chi connectivity index (χ4n) is 3.28. The summed E-state index contributed by atoms with van der Waals surface area (Å²) in [5.41, 5.74) is 1.95. The molecule has 0 unspecified atom stereocenters. The fourth-order valence-corrected chi connectivity index (χ4v) is 4.37. The summed E-state index contributed by atoms with van der Waals surface area (Å²) < 4.78 is 21.1. The van der Waals surface area contributed by atoms with Gasteiger partial charge in [0.25, 0.3) is 11.8 Å². The number of methoxy groups -OCH3 is 3. The number of carbonyl (C=O) groups is 2. The van der Waals surface area contributed by atoms with Gasteiger partial charge in [-0.15, -0.1) is 0 Å². The lowest BCUT2D eigenvalue weighted by atomic mass is 10.1. The zero-order chi connectivity index (χ0) is 24.0. The van der Waals surface area contributed by atoms with Gasteiger partial charge in [0.2, 0.25) is 0 Å². The lowest BCUT2D eigenvalue weighted by molar-refractivity contribution is -0.114. The molecule has 1 aliphatic heterocycles. The molecule has 2 aromatic carbocycles. The molecule has 2 aromatic rings. The molecular formula is C24H28N2O6S. The largest absolute Gasteiger partial charge is 0.493 e. The summed E-state index contributed by atoms with van der Waals surface area (Å²) in [4.78, 5) is 28.6. The second kappa shape index (κ2) is 11.2. The van der Waals surface area contributed by atoms with E-state index < -0.39 is 6.29 Å². The second-order valence-electron chi connectivity index (χ2n) is 7.11. The lowest BCUT2D eigenvalue weighted by Crippen LogP contribution is -2.34. The van der Waals surface area contributed by atoms with E-state index in [9.17, 15) is 9.59 Å². The fraction of sp³-hybridized carbons (Fsp3) is 0.333. The number of anilines is 1. The van der Waals surface area contributed by atoms with Crippen LogP contribution in [0.3, 0.4) is 0 Å². The van der Waals surface area contributed by atoms with Crippen LogP contribution in [-0.4, -0.2) is 59.6 Å². The molecule has 1 aliphatic rings. The van der Waals surface area contributed by atoms with Crippen molar-refractivity contribution < 1.29 is 28.5 Å². The summed E-state index contributed by atoms with van der Waals surface area (Å²) in [7, 11) is 6.29. The second-order valence-corrected chi connectivity index (χ2v) is 8.20. The monoisotopic (exact) mass is 472 g/mol. The standard InChI is InChI=1S/C24H28N2O6S/c1-6-32-18-9-7-15(11-19(18)29-3)12-21-24(28)26(2)17-13-16(8-10-20(17)33-21)23(27)25-14-22(30-4)31-5/h7-13,22H,6,14H2,1-5H3,(H,25,27). The van der Waals surface area contributed by atoms with Gasteiger partial charge in [0.05, 0.1) is 30.9 Å². The van der Waals surface area contributed by atoms with Crippen molar-refractivity contribution in [1.82, 2.24) is 5.32 Å². The third-order valence-electron chi connectivity index (χ3n) is 5.06. The van der Waals surface area contributed by atoms with E-state index in [1.54, 1.807) is 31.2 Å². The Morgan fingerprint density at radius 2 is 1.88 bits per heavy atom. The Hall–Kier alpha value is -3.01. The summed E-state index contributed by atoms with van der Waals surface area (Å²) in [6.45, 7) is 2.65. The molecule has 1 N–H and O–H groups in total. The highest BCUT2D eigenvalue weighted by molar-refractivity contribution is 8.04. The predicted molar refractivity (Wildman–Crippen MR) is 128 cm³/mol. The number of rotatable bonds is 9. The van der Waals surface area contributed by atoms with Gasteiger partial charge in [0.1, 0.15) is 0 Å². The first-order valence-corrected chi connectivity index (χ1v) is 11.2. The first-order valence-electron chi connectivity index (χ1n) is 10.4. The van der Waals surface area contributed by atoms with Gasteiger partial charge in [-0.3, -0.25) is 9.59 Å². The molecule has 176 valence electrons. The molecule has 0 saturated carbocycles. The Balaban J connectivity index is 1.82. The van der Waals surface area contributed by atoms with Crippen molar-refractivity contribution in [2.75, 3.05) is 46.4 Å². The maximum absolute atomic E-state index is 13.0. The highest BCUT2D eigenvalue weighted by atomic mass is 32.2. The van der Waals surface area contributed by atoms with Crippen LogP contribution in [0.2, 0.25) is 0 Å². The minimum Gasteiger partial charge on any atom is -0.493 e. The summed E-state index contributed by atoms with van der Waals surface area (Å²) >= 11 is 1.36. The zero-order valence-electron chi connectivity index (χ0n) is 19.3. The number of fused-ring (bicyclic) bond motifs is 1. The molecule has 9 heteroatoms. The Labute approximate surface area is 197 Å². The molecule has 0 aliphatic carbocycles. The van der Waals surface area contributed by atoms with E-state index in [0.717, 1.165) is 10.5 Å². The summed E-state index contributed by atoms with van der Waals surface area (Å²) in [6, 6.07) is 10.8. The van der Waals surface area contributed by atoms with E-state index in [4.69, 9.17) is 18.9 Å². The Bertz CT molecular complexity index is 1050. The molecule has 3 rings (SSSR count). The van der Waals surface area contributed by atoms with Gasteiger partial charge >= 0.3 is 0 Å². The van der Waals surface area contributed by atoms with Crippen LogP contribution in [0.4, 0.5) is 5.69 Å². The van der Waals surface area contributed by atoms with Gasteiger partial charge in [-0.1, -0.05) is 17.8 Å². The summed E-state index contributed by atoms with van der Waals surface area (Å²) in [5.74, 6) is 0.829. The number of carbonyl (C=O) groups excluding carboxylic acids is 2. The molecule has 1 heterocycles. The molecule has 2 amide bonds. The topological polar surface area (TPSA) is 86.3 Å². The van der Waals surface area contributed by atoms with Crippen LogP contribution in [0.1, 0.15) is 22.8 Å². The number of nitrogens with zero attached hydrogens (tertiary/aromatic N) is 1. The van der Waals surface area contributed by atoms with Gasteiger partial charge in [0, 0.05) is 31.7 Å². The zero-order valence-corrected chi connectivity index (χ0v) is 20.2. The van der Waals surface area contributed by atoms with E-state index in [1.807, 2.05) is 37.3 Å². The molecule has 0 atom stereocenters. The Morgan fingerprint density at radius 3 is 2.55 bits per heavy atom. The number of benzene rings is 2. The van der Waals surface area contributed by atoms with Crippen molar-refractivity contribution in [3.05, 3.63) is 52.4 Å². The summed E-state index contributed by atoms with van der Waals surface area (Å²) in [5, 5.41) is 2.77. The Kier molecular flexibility index (Phi) is 8.37. The van der Waals surface area contributed by atoms with Gasteiger partial charge in [-0.25, -0.2) is 0 Å². The van der Waals surface area contributed by atoms with Crippen molar-refractivity contribution in [2.45, 2.75) is 18.1 Å². The third kappa shape index (κ3) is 5.68. The van der Waals surface area contributed by atoms with Crippen LogP contribution in [0, 0.1) is 0 Å². The molecule has 0 spiro atoms. The lowest BCUT2D eigenvalue weighted by Gasteiger charge is -2.27. The van der Waals surface area contributed by atoms with Crippen LogP contribution < -0.4 is 19.7 Å². The number of ether oxygens (including phenoxy) is 4. The molecule has 8 nitrogen and oxygen atoms in total. The molecule has 0 bridgehead atoms. The molecule has 0 fully saturated rings. The molecule has 0 saturated heterocycles. The molecule has 0 aromatic heterocycles. The number of likely N-dealkylation sites (N-methyl/N-ethyl adjacent to an activating group) is 1. The summed E-state index contributed by atoms with van der Waals surface area (Å²) in [6.07, 6.45) is 1.29. The normalized spacial score (nSPS) is 14.4. The van der Waals surface area contributed by atoms with Crippen LogP contribution in [0.15, 0.2) is 46.2 Å². The predicted octanol–water partition coefficient (Wildman–Crippen LogP) is 3.55. The molecule has 33 heavy (non-hydrogen) atoms. The van der Waals surface area contributed by atoms with Gasteiger partial charge in [0.15, 0.2) is 17.8 Å². The third-order valence-corrected chi connectivity index (χ3v) is 6.14. The van der Waals surface area contributed by atoms with Crippen LogP contribution in [0.25, 0.3) is 6.08 Å². The van der Waals surface area contributed by atoms with E-state index in [-0.39, 0.29) is 18.4 Å². The van der Waals surface area contributed by atoms with Crippen molar-refractivity contribution in [2.24, 2.45) is 0 Å². The smallest absolute Gasteiger partial charge is 0.264 e. The number of thioether (sulfide) groups is 1. The average molecular weight is 473 g/mol. The number of hydrogen-bond acceptors (Lipinski definition) is 7. The maximum Gasteiger partial charge on any atom is 0.264 e. The van der Waals surface area contributed by atoms with Crippen LogP contribution >= 0.6 is 11.8 Å². The number of hydrogen-bond donors (Lipinski definition) is 1. The van der Waals surface area contributed by atoms with Crippen molar-refractivity contribution >= 4 is 35.3 Å². The highest BCUT2D eigenvalue weighted by Crippen LogP contribution is 2.42. The minimum absolute atomic E-state index is 0.156. The molecule has 0 radical (unpaired) electrons. The number of amides is 2. The van der Waals surface area contributed by atoms with E-state index in [1.165, 1.54) is 26.0 Å². The van der Waals surface area contributed by atoms with Crippen molar-refractivity contribution in [1.29, 1.82) is 0 Å². The quantitative estimate of drug-likeness (QED) is 0.441. The average Bonchev–Trinajstić information content (AvgIpc) is 2.83. The SMILES string of the molecule is CCOc1ccc(C=C2Sc3ccc(C(=O)NCC(OC)OC)cc3N(C)C2=O)cc1OC. The van der Waals surface area contributed by atoms with Crippen LogP contribution in [0.5, 0.6) is 11.5 Å². The van der Waals surface area contributed by atoms with Crippen molar-refractivity contribution in [3.63, 3.8) is 0 Å². The minimum atomic E-state index is -0.527. The first kappa shape index (κ1) is 24.6. The van der Waals surface area contributed by atoms with E-state index in [0.29, 0.717) is 34.3 Å². The van der Waals surface area contributed by atoms with Gasteiger partial charge in [-0.05, 0) is 48.9 Å². The highest BCUT2D eigenvalue weighted by Gasteiger charge is 2.27. The van der Waals surface area contributed by atoms with E-state index in [2.05, 4.69) is 5.32 Å². The molecular weight excluding hydrogens is 444 g/mol. The van der Waals surface area contributed by atoms with Crippen molar-refractivity contribution in [3.8, 4) is 11.5 Å². The maximum atomic E-state index is 13.0. The Morgan fingerprint density at radius 1 is 1.12 bits per heavy atom. The van der Waals surface area contributed by atoms with Gasteiger partial charge < -0.3 is 29.2 Å².